The summed E-state index contributed by atoms with van der Waals surface area (Å²) in [5.74, 6) is -0.848. The molecule has 0 aromatic rings. The molecule has 0 aromatic carbocycles. The highest BCUT2D eigenvalue weighted by molar-refractivity contribution is 5.72. The topological polar surface area (TPSA) is 49.8 Å². The highest BCUT2D eigenvalue weighted by atomic mass is 16.5. The number of ether oxygens (including phenoxy) is 1. The van der Waals surface area contributed by atoms with Crippen LogP contribution in [-0.2, 0) is 9.53 Å². The average Bonchev–Trinajstić information content (AvgIpc) is 2.52. The van der Waals surface area contributed by atoms with Crippen molar-refractivity contribution in [1.29, 1.82) is 0 Å². The molecule has 1 unspecified atom stereocenters. The quantitative estimate of drug-likeness (QED) is 0.753. The van der Waals surface area contributed by atoms with Crippen LogP contribution < -0.4 is 0 Å². The SMILES string of the molecule is CCOC(CCN1CCCC1(C)C)C(=O)O. The van der Waals surface area contributed by atoms with Crippen LogP contribution in [0.5, 0.6) is 0 Å². The van der Waals surface area contributed by atoms with Crippen molar-refractivity contribution in [3.8, 4) is 0 Å². The minimum absolute atomic E-state index is 0.218. The maximum atomic E-state index is 10.9. The Bertz CT molecular complexity index is 240. The largest absolute Gasteiger partial charge is 0.479 e. The first-order chi connectivity index (χ1) is 7.47. The molecule has 0 aromatic heterocycles. The lowest BCUT2D eigenvalue weighted by molar-refractivity contribution is -0.150. The summed E-state index contributed by atoms with van der Waals surface area (Å²) in [6, 6.07) is 0. The van der Waals surface area contributed by atoms with Crippen LogP contribution in [0.1, 0.15) is 40.0 Å². The van der Waals surface area contributed by atoms with Crippen LogP contribution in [0.4, 0.5) is 0 Å². The number of rotatable bonds is 6. The minimum Gasteiger partial charge on any atom is -0.479 e. The van der Waals surface area contributed by atoms with Gasteiger partial charge < -0.3 is 9.84 Å². The smallest absolute Gasteiger partial charge is 0.332 e. The van der Waals surface area contributed by atoms with Gasteiger partial charge in [-0.3, -0.25) is 4.90 Å². The molecular weight excluding hydrogens is 206 g/mol. The molecule has 1 heterocycles. The van der Waals surface area contributed by atoms with E-state index in [1.807, 2.05) is 6.92 Å². The predicted molar refractivity (Wildman–Crippen MR) is 62.6 cm³/mol. The van der Waals surface area contributed by atoms with Crippen molar-refractivity contribution in [2.24, 2.45) is 0 Å². The highest BCUT2D eigenvalue weighted by Crippen LogP contribution is 2.28. The van der Waals surface area contributed by atoms with Crippen molar-refractivity contribution in [2.75, 3.05) is 19.7 Å². The van der Waals surface area contributed by atoms with Gasteiger partial charge in [0.25, 0.3) is 0 Å². The van der Waals surface area contributed by atoms with E-state index in [4.69, 9.17) is 9.84 Å². The zero-order chi connectivity index (χ0) is 12.2. The summed E-state index contributed by atoms with van der Waals surface area (Å²) in [4.78, 5) is 13.3. The molecular formula is C12H23NO3. The van der Waals surface area contributed by atoms with Gasteiger partial charge in [0.05, 0.1) is 0 Å². The van der Waals surface area contributed by atoms with Gasteiger partial charge in [0.1, 0.15) is 0 Å². The third kappa shape index (κ3) is 3.46. The second-order valence-corrected chi connectivity index (χ2v) is 4.97. The lowest BCUT2D eigenvalue weighted by Crippen LogP contribution is -2.40. The van der Waals surface area contributed by atoms with Crippen LogP contribution >= 0.6 is 0 Å². The zero-order valence-corrected chi connectivity index (χ0v) is 10.5. The number of carboxylic acids is 1. The van der Waals surface area contributed by atoms with E-state index in [-0.39, 0.29) is 5.54 Å². The van der Waals surface area contributed by atoms with Crippen LogP contribution in [0.15, 0.2) is 0 Å². The number of hydrogen-bond donors (Lipinski definition) is 1. The Morgan fingerprint density at radius 3 is 2.69 bits per heavy atom. The van der Waals surface area contributed by atoms with Crippen molar-refractivity contribution in [3.05, 3.63) is 0 Å². The number of aliphatic carboxylic acids is 1. The fraction of sp³-hybridized carbons (Fsp3) is 0.917. The van der Waals surface area contributed by atoms with Gasteiger partial charge in [-0.2, -0.15) is 0 Å². The van der Waals surface area contributed by atoms with E-state index in [9.17, 15) is 4.79 Å². The van der Waals surface area contributed by atoms with E-state index in [1.165, 1.54) is 12.8 Å². The molecule has 1 rings (SSSR count). The number of nitrogens with zero attached hydrogens (tertiary/aromatic N) is 1. The monoisotopic (exact) mass is 229 g/mol. The molecule has 1 aliphatic rings. The molecule has 0 aliphatic carbocycles. The van der Waals surface area contributed by atoms with E-state index in [0.717, 1.165) is 13.1 Å². The standard InChI is InChI=1S/C12H23NO3/c1-4-16-10(11(14)15)6-9-13-8-5-7-12(13,2)3/h10H,4-9H2,1-3H3,(H,14,15). The first kappa shape index (κ1) is 13.5. The second-order valence-electron chi connectivity index (χ2n) is 4.97. The first-order valence-electron chi connectivity index (χ1n) is 6.07. The van der Waals surface area contributed by atoms with E-state index in [0.29, 0.717) is 13.0 Å². The Balaban J connectivity index is 2.40. The van der Waals surface area contributed by atoms with Gasteiger partial charge in [0.15, 0.2) is 6.10 Å². The van der Waals surface area contributed by atoms with E-state index < -0.39 is 12.1 Å². The Morgan fingerprint density at radius 1 is 1.56 bits per heavy atom. The zero-order valence-electron chi connectivity index (χ0n) is 10.5. The second kappa shape index (κ2) is 5.64. The fourth-order valence-electron chi connectivity index (χ4n) is 2.33. The number of hydrogen-bond acceptors (Lipinski definition) is 3. The van der Waals surface area contributed by atoms with Crippen molar-refractivity contribution in [2.45, 2.75) is 51.7 Å². The fourth-order valence-corrected chi connectivity index (χ4v) is 2.33. The van der Waals surface area contributed by atoms with Gasteiger partial charge in [-0.1, -0.05) is 0 Å². The van der Waals surface area contributed by atoms with Gasteiger partial charge in [0, 0.05) is 18.7 Å². The summed E-state index contributed by atoms with van der Waals surface area (Å²) in [6.07, 6.45) is 2.33. The number of carbonyl (C=O) groups is 1. The van der Waals surface area contributed by atoms with E-state index in [2.05, 4.69) is 18.7 Å². The maximum Gasteiger partial charge on any atom is 0.332 e. The number of likely N-dealkylation sites (tertiary alicyclic amines) is 1. The van der Waals surface area contributed by atoms with Gasteiger partial charge >= 0.3 is 5.97 Å². The van der Waals surface area contributed by atoms with Crippen molar-refractivity contribution >= 4 is 5.97 Å². The summed E-state index contributed by atoms with van der Waals surface area (Å²) >= 11 is 0. The van der Waals surface area contributed by atoms with Gasteiger partial charge in [-0.25, -0.2) is 4.79 Å². The van der Waals surface area contributed by atoms with Crippen molar-refractivity contribution < 1.29 is 14.6 Å². The Kier molecular flexibility index (Phi) is 4.74. The molecule has 0 radical (unpaired) electrons. The minimum atomic E-state index is -0.848. The molecule has 1 saturated heterocycles. The summed E-state index contributed by atoms with van der Waals surface area (Å²) in [6.45, 7) is 8.61. The van der Waals surface area contributed by atoms with E-state index in [1.54, 1.807) is 0 Å². The normalized spacial score (nSPS) is 22.2. The van der Waals surface area contributed by atoms with Gasteiger partial charge in [0.2, 0.25) is 0 Å². The maximum absolute atomic E-state index is 10.9. The summed E-state index contributed by atoms with van der Waals surface area (Å²) in [5, 5.41) is 8.96. The highest BCUT2D eigenvalue weighted by Gasteiger charge is 2.32. The Morgan fingerprint density at radius 2 is 2.25 bits per heavy atom. The molecule has 0 bridgehead atoms. The predicted octanol–water partition coefficient (Wildman–Crippen LogP) is 1.74. The van der Waals surface area contributed by atoms with Crippen LogP contribution in [0.2, 0.25) is 0 Å². The molecule has 1 N–H and O–H groups in total. The Labute approximate surface area is 97.6 Å². The van der Waals surface area contributed by atoms with Crippen molar-refractivity contribution in [1.82, 2.24) is 4.90 Å². The number of carboxylic acid groups (broad SMARTS) is 1. The first-order valence-corrected chi connectivity index (χ1v) is 6.07. The van der Waals surface area contributed by atoms with Gasteiger partial charge in [-0.15, -0.1) is 0 Å². The molecule has 94 valence electrons. The molecule has 0 spiro atoms. The van der Waals surface area contributed by atoms with Crippen LogP contribution in [0.3, 0.4) is 0 Å². The molecule has 4 heteroatoms. The van der Waals surface area contributed by atoms with Crippen molar-refractivity contribution in [3.63, 3.8) is 0 Å². The Hall–Kier alpha value is -0.610. The summed E-state index contributed by atoms with van der Waals surface area (Å²) < 4.78 is 5.21. The van der Waals surface area contributed by atoms with Crippen LogP contribution in [-0.4, -0.2) is 47.3 Å². The molecule has 4 nitrogen and oxygen atoms in total. The van der Waals surface area contributed by atoms with Gasteiger partial charge in [-0.05, 0) is 46.6 Å². The van der Waals surface area contributed by atoms with Crippen LogP contribution in [0.25, 0.3) is 0 Å². The molecule has 0 saturated carbocycles. The average molecular weight is 229 g/mol. The lowest BCUT2D eigenvalue weighted by atomic mass is 10.0. The molecule has 16 heavy (non-hydrogen) atoms. The lowest BCUT2D eigenvalue weighted by Gasteiger charge is -2.32. The molecule has 1 aliphatic heterocycles. The summed E-state index contributed by atoms with van der Waals surface area (Å²) in [7, 11) is 0. The van der Waals surface area contributed by atoms with Crippen LogP contribution in [0, 0.1) is 0 Å². The molecule has 1 fully saturated rings. The summed E-state index contributed by atoms with van der Waals surface area (Å²) in [5.41, 5.74) is 0.218. The molecule has 1 atom stereocenters. The van der Waals surface area contributed by atoms with E-state index >= 15 is 0 Å². The third-order valence-corrected chi connectivity index (χ3v) is 3.38. The molecule has 0 amide bonds. The third-order valence-electron chi connectivity index (χ3n) is 3.38.